The summed E-state index contributed by atoms with van der Waals surface area (Å²) in [6.45, 7) is 16.7. The summed E-state index contributed by atoms with van der Waals surface area (Å²) in [6.07, 6.45) is 11.6. The SMILES string of the molecule is CC(C)=CCC/C(C)=C/CC[C@@]1(C)Oc2c(c(O)cc3c2CN([C@@H](CCCN2Cc4c(cc(OC(=O)N5CC(C(=O)O)C5)c5c4O[C@](C)(CC/C=C(\C)CCC=C(C)C)[C@@H](O)C5)C2=O)OC=O)C3=O)C[C@@H]1O. The van der Waals surface area contributed by atoms with Crippen molar-refractivity contribution in [3.05, 3.63) is 92.1 Å². The minimum atomic E-state index is -1.05. The van der Waals surface area contributed by atoms with Crippen molar-refractivity contribution in [2.45, 2.75) is 175 Å². The lowest BCUT2D eigenvalue weighted by atomic mass is 9.84. The van der Waals surface area contributed by atoms with Gasteiger partial charge in [0.2, 0.25) is 0 Å². The number of aromatic hydroxyl groups is 1. The summed E-state index contributed by atoms with van der Waals surface area (Å²) in [5, 5.41) is 43.5. The fourth-order valence-corrected chi connectivity index (χ4v) is 10.3. The molecular formula is C56H73N3O13. The zero-order valence-corrected chi connectivity index (χ0v) is 43.2. The van der Waals surface area contributed by atoms with E-state index in [0.29, 0.717) is 65.9 Å². The number of phenols is 1. The average molecular weight is 996 g/mol. The lowest BCUT2D eigenvalue weighted by molar-refractivity contribution is -0.146. The molecule has 5 aliphatic heterocycles. The number of ether oxygens (including phenoxy) is 4. The van der Waals surface area contributed by atoms with Crippen LogP contribution in [0.25, 0.3) is 0 Å². The molecule has 5 aliphatic rings. The Balaban J connectivity index is 1.05. The van der Waals surface area contributed by atoms with E-state index >= 15 is 0 Å². The number of fused-ring (bicyclic) bond motifs is 6. The highest BCUT2D eigenvalue weighted by atomic mass is 16.6. The van der Waals surface area contributed by atoms with Gasteiger partial charge in [0.1, 0.15) is 34.2 Å². The zero-order chi connectivity index (χ0) is 52.2. The van der Waals surface area contributed by atoms with Crippen molar-refractivity contribution in [2.24, 2.45) is 5.92 Å². The van der Waals surface area contributed by atoms with Crippen LogP contribution in [0.3, 0.4) is 0 Å². The van der Waals surface area contributed by atoms with Crippen LogP contribution in [0.5, 0.6) is 23.0 Å². The predicted octanol–water partition coefficient (Wildman–Crippen LogP) is 8.85. The molecular weight excluding hydrogens is 923 g/mol. The first-order valence-corrected chi connectivity index (χ1v) is 25.4. The van der Waals surface area contributed by atoms with Gasteiger partial charge in [0, 0.05) is 61.2 Å². The fraction of sp³-hybridized carbons (Fsp3) is 0.554. The molecule has 0 unspecified atom stereocenters. The number of phenolic OH excluding ortho intramolecular Hbond substituents is 1. The maximum Gasteiger partial charge on any atom is 0.415 e. The standard InChI is InChI=1S/C56H73N3O13/c1-33(2)14-9-16-35(5)18-11-21-55(7)46(62)26-40-44(61)24-38-43(49(40)71-55)31-59(52(38)65)48(69-32-60)20-13-23-57-30-42-39(51(57)64)25-45(70-54(68)58-28-37(29-58)53(66)67)41-27-47(63)56(8,72-50(41)42)22-12-19-36(6)17-10-15-34(3)4/h14-15,18-19,24-25,32,37,46-48,61-63H,9-13,16-17,20-23,26-31H2,1-8H3,(H,66,67)/b35-18+,36-19+/t46-,47-,48+,55+,56+/m0/s1. The minimum Gasteiger partial charge on any atom is -0.508 e. The van der Waals surface area contributed by atoms with Gasteiger partial charge < -0.3 is 49.2 Å². The number of benzene rings is 2. The second kappa shape index (κ2) is 22.3. The molecule has 1 saturated heterocycles. The van der Waals surface area contributed by atoms with Gasteiger partial charge in [0.25, 0.3) is 18.3 Å². The van der Waals surface area contributed by atoms with Crippen LogP contribution in [0, 0.1) is 5.92 Å². The maximum absolute atomic E-state index is 14.3. The van der Waals surface area contributed by atoms with Gasteiger partial charge in [-0.3, -0.25) is 24.1 Å². The summed E-state index contributed by atoms with van der Waals surface area (Å²) in [6, 6.07) is 2.87. The first-order valence-electron chi connectivity index (χ1n) is 25.4. The minimum absolute atomic E-state index is 0.0199. The van der Waals surface area contributed by atoms with Crippen molar-refractivity contribution in [1.82, 2.24) is 14.7 Å². The number of aliphatic carboxylic acids is 1. The molecule has 16 nitrogen and oxygen atoms in total. The van der Waals surface area contributed by atoms with Gasteiger partial charge in [-0.25, -0.2) is 4.79 Å². The van der Waals surface area contributed by atoms with Crippen LogP contribution in [0.1, 0.15) is 163 Å². The topological polar surface area (TPSA) is 213 Å². The Morgan fingerprint density at radius 2 is 1.31 bits per heavy atom. The molecule has 4 N–H and O–H groups in total. The number of aliphatic hydroxyl groups excluding tert-OH is 2. The van der Waals surface area contributed by atoms with Crippen molar-refractivity contribution >= 4 is 30.3 Å². The van der Waals surface area contributed by atoms with Crippen molar-refractivity contribution in [3.8, 4) is 23.0 Å². The molecule has 72 heavy (non-hydrogen) atoms. The highest BCUT2D eigenvalue weighted by molar-refractivity contribution is 6.01. The summed E-state index contributed by atoms with van der Waals surface area (Å²) in [7, 11) is 0. The van der Waals surface area contributed by atoms with E-state index in [4.69, 9.17) is 18.9 Å². The number of hydrogen-bond donors (Lipinski definition) is 4. The quantitative estimate of drug-likeness (QED) is 0.0681. The van der Waals surface area contributed by atoms with Crippen LogP contribution in [-0.4, -0.2) is 115 Å². The Kier molecular flexibility index (Phi) is 16.6. The molecule has 1 fully saturated rings. The largest absolute Gasteiger partial charge is 0.508 e. The third-order valence-corrected chi connectivity index (χ3v) is 15.0. The predicted molar refractivity (Wildman–Crippen MR) is 269 cm³/mol. The summed E-state index contributed by atoms with van der Waals surface area (Å²) < 4.78 is 24.7. The summed E-state index contributed by atoms with van der Waals surface area (Å²) >= 11 is 0. The van der Waals surface area contributed by atoms with E-state index < -0.39 is 53.5 Å². The average Bonchev–Trinajstić information content (AvgIpc) is 3.78. The lowest BCUT2D eigenvalue weighted by Gasteiger charge is -2.41. The van der Waals surface area contributed by atoms with Crippen LogP contribution < -0.4 is 14.2 Å². The Labute approximate surface area is 422 Å². The molecule has 0 aliphatic carbocycles. The second-order valence-electron chi connectivity index (χ2n) is 21.3. The Hall–Kier alpha value is -6.13. The molecule has 3 amide bonds. The van der Waals surface area contributed by atoms with Gasteiger partial charge in [-0.1, -0.05) is 46.6 Å². The number of hydrogen-bond acceptors (Lipinski definition) is 12. The van der Waals surface area contributed by atoms with Crippen LogP contribution in [-0.2, 0) is 40.3 Å². The van der Waals surface area contributed by atoms with Crippen molar-refractivity contribution < 1.29 is 63.3 Å². The number of allylic oxidation sites excluding steroid dienone is 8. The molecule has 16 heteroatoms. The van der Waals surface area contributed by atoms with E-state index in [1.165, 1.54) is 44.2 Å². The molecule has 7 rings (SSSR count). The van der Waals surface area contributed by atoms with Crippen LogP contribution >= 0.6 is 0 Å². The number of aliphatic hydroxyl groups is 2. The second-order valence-corrected chi connectivity index (χ2v) is 21.3. The molecule has 2 aromatic rings. The van der Waals surface area contributed by atoms with E-state index in [1.807, 2.05) is 13.8 Å². The third kappa shape index (κ3) is 11.7. The van der Waals surface area contributed by atoms with E-state index in [1.54, 1.807) is 4.90 Å². The number of rotatable bonds is 21. The molecule has 0 saturated carbocycles. The van der Waals surface area contributed by atoms with Gasteiger partial charge in [0.05, 0.1) is 42.3 Å². The van der Waals surface area contributed by atoms with Crippen LogP contribution in [0.15, 0.2) is 58.7 Å². The Morgan fingerprint density at radius 1 is 0.764 bits per heavy atom. The van der Waals surface area contributed by atoms with Crippen molar-refractivity contribution in [1.29, 1.82) is 0 Å². The summed E-state index contributed by atoms with van der Waals surface area (Å²) in [4.78, 5) is 69.5. The highest BCUT2D eigenvalue weighted by Gasteiger charge is 2.47. The van der Waals surface area contributed by atoms with E-state index in [2.05, 4.69) is 65.8 Å². The third-order valence-electron chi connectivity index (χ3n) is 15.0. The summed E-state index contributed by atoms with van der Waals surface area (Å²) in [5.41, 5.74) is 5.36. The first kappa shape index (κ1) is 53.7. The Morgan fingerprint density at radius 3 is 1.86 bits per heavy atom. The van der Waals surface area contributed by atoms with Crippen LogP contribution in [0.4, 0.5) is 4.79 Å². The van der Waals surface area contributed by atoms with Gasteiger partial charge in [0.15, 0.2) is 6.23 Å². The zero-order valence-electron chi connectivity index (χ0n) is 43.2. The molecule has 0 aromatic heterocycles. The van der Waals surface area contributed by atoms with E-state index in [9.17, 15) is 44.4 Å². The first-order chi connectivity index (χ1) is 34.1. The molecule has 5 heterocycles. The van der Waals surface area contributed by atoms with Gasteiger partial charge in [-0.2, -0.15) is 0 Å². The van der Waals surface area contributed by atoms with Gasteiger partial charge >= 0.3 is 12.1 Å². The smallest absolute Gasteiger partial charge is 0.415 e. The van der Waals surface area contributed by atoms with Crippen molar-refractivity contribution in [3.63, 3.8) is 0 Å². The highest BCUT2D eigenvalue weighted by Crippen LogP contribution is 2.49. The summed E-state index contributed by atoms with van der Waals surface area (Å²) in [5.74, 6) is -1.95. The molecule has 5 atom stereocenters. The van der Waals surface area contributed by atoms with Gasteiger partial charge in [-0.05, 0) is 125 Å². The van der Waals surface area contributed by atoms with Crippen LogP contribution in [0.2, 0.25) is 0 Å². The Bertz CT molecular complexity index is 2570. The molecule has 0 radical (unpaired) electrons. The lowest BCUT2D eigenvalue weighted by Crippen LogP contribution is -2.54. The molecule has 0 spiro atoms. The molecule has 0 bridgehead atoms. The normalized spacial score (nSPS) is 22.9. The molecule has 390 valence electrons. The van der Waals surface area contributed by atoms with Crippen molar-refractivity contribution in [2.75, 3.05) is 19.6 Å². The number of likely N-dealkylation sites (tertiary alicyclic amines) is 1. The number of nitrogens with zero attached hydrogens (tertiary/aromatic N) is 3. The number of carbonyl (C=O) groups excluding carboxylic acids is 4. The van der Waals surface area contributed by atoms with Gasteiger partial charge in [-0.15, -0.1) is 0 Å². The fourth-order valence-electron chi connectivity index (χ4n) is 10.3. The number of carboxylic acids is 1. The van der Waals surface area contributed by atoms with E-state index in [0.717, 1.165) is 25.7 Å². The monoisotopic (exact) mass is 996 g/mol. The number of carbonyl (C=O) groups is 5. The molecule has 2 aromatic carbocycles. The van der Waals surface area contributed by atoms with E-state index in [-0.39, 0.29) is 87.0 Å². The number of amides is 3. The number of carboxylic acid groups (broad SMARTS) is 1. The maximum atomic E-state index is 14.3.